The van der Waals surface area contributed by atoms with E-state index in [1.165, 1.54) is 12.1 Å². The van der Waals surface area contributed by atoms with Gasteiger partial charge in [0, 0.05) is 18.8 Å². The molecule has 6 heteroatoms. The molecule has 0 saturated carbocycles. The van der Waals surface area contributed by atoms with Gasteiger partial charge >= 0.3 is 10.1 Å². The van der Waals surface area contributed by atoms with Crippen LogP contribution in [0.2, 0.25) is 0 Å². The van der Waals surface area contributed by atoms with Crippen molar-refractivity contribution in [1.82, 2.24) is 0 Å². The summed E-state index contributed by atoms with van der Waals surface area (Å²) in [5.41, 5.74) is 0. The van der Waals surface area contributed by atoms with Gasteiger partial charge in [-0.3, -0.25) is 0 Å². The zero-order valence-electron chi connectivity index (χ0n) is 10.9. The quantitative estimate of drug-likeness (QED) is 0.619. The minimum Gasteiger partial charge on any atom is -0.303 e. The number of likely N-dealkylation sites (tertiary alicyclic amines) is 1. The molecule has 0 radical (unpaired) electrons. The summed E-state index contributed by atoms with van der Waals surface area (Å²) in [7, 11) is -2.02. The van der Waals surface area contributed by atoms with Crippen molar-refractivity contribution in [2.75, 3.05) is 20.1 Å². The molecule has 5 nitrogen and oxygen atoms in total. The smallest absolute Gasteiger partial charge is 0.303 e. The van der Waals surface area contributed by atoms with E-state index in [1.54, 1.807) is 25.2 Å². The Balaban J connectivity index is 2.11. The van der Waals surface area contributed by atoms with Gasteiger partial charge in [-0.25, -0.2) is 0 Å². The Labute approximate surface area is 113 Å². The SMILES string of the molecule is C[N+]1(OS(=O)(=O)c2ccccc2)CCC(C=O)CC1. The number of quaternary nitrogens is 1. The van der Waals surface area contributed by atoms with Crippen LogP contribution in [0.3, 0.4) is 0 Å². The van der Waals surface area contributed by atoms with Gasteiger partial charge in [-0.15, -0.1) is 0 Å². The number of piperidine rings is 1. The lowest BCUT2D eigenvalue weighted by atomic mass is 9.99. The number of rotatable bonds is 4. The third kappa shape index (κ3) is 3.40. The molecule has 1 heterocycles. The van der Waals surface area contributed by atoms with Crippen LogP contribution in [0.5, 0.6) is 0 Å². The molecule has 1 aliphatic rings. The van der Waals surface area contributed by atoms with Gasteiger partial charge in [-0.1, -0.05) is 22.5 Å². The van der Waals surface area contributed by atoms with Gasteiger partial charge in [0.15, 0.2) is 0 Å². The van der Waals surface area contributed by atoms with Crippen LogP contribution in [0.4, 0.5) is 0 Å². The van der Waals surface area contributed by atoms with E-state index in [-0.39, 0.29) is 15.5 Å². The molecular weight excluding hydrogens is 266 g/mol. The first-order chi connectivity index (χ1) is 8.95. The van der Waals surface area contributed by atoms with Crippen LogP contribution in [-0.2, 0) is 19.2 Å². The average Bonchev–Trinajstić information content (AvgIpc) is 2.40. The van der Waals surface area contributed by atoms with E-state index in [4.69, 9.17) is 4.28 Å². The van der Waals surface area contributed by atoms with E-state index in [1.807, 2.05) is 0 Å². The third-order valence-electron chi connectivity index (χ3n) is 3.45. The van der Waals surface area contributed by atoms with Gasteiger partial charge in [-0.05, 0) is 12.1 Å². The van der Waals surface area contributed by atoms with Crippen LogP contribution in [0.1, 0.15) is 12.8 Å². The molecule has 1 aromatic carbocycles. The van der Waals surface area contributed by atoms with Gasteiger partial charge < -0.3 is 4.79 Å². The molecule has 1 aromatic rings. The second kappa shape index (κ2) is 5.40. The lowest BCUT2D eigenvalue weighted by Crippen LogP contribution is -2.50. The molecule has 2 rings (SSSR count). The normalized spacial score (nSPS) is 27.9. The van der Waals surface area contributed by atoms with Crippen LogP contribution in [-0.4, -0.2) is 39.5 Å². The van der Waals surface area contributed by atoms with Crippen molar-refractivity contribution in [2.24, 2.45) is 5.92 Å². The summed E-state index contributed by atoms with van der Waals surface area (Å²) in [6.07, 6.45) is 2.25. The maximum absolute atomic E-state index is 12.1. The van der Waals surface area contributed by atoms with E-state index in [9.17, 15) is 13.2 Å². The van der Waals surface area contributed by atoms with E-state index in [0.29, 0.717) is 25.9 Å². The molecule has 0 aliphatic carbocycles. The standard InChI is InChI=1S/C13H18NO4S/c1-14(9-7-12(11-15)8-10-14)18-19(16,17)13-5-3-2-4-6-13/h2-6,11-12H,7-10H2,1H3/q+1. The first kappa shape index (κ1) is 14.2. The molecule has 19 heavy (non-hydrogen) atoms. The fourth-order valence-corrected chi connectivity index (χ4v) is 3.41. The molecule has 0 amide bonds. The zero-order chi connectivity index (χ0) is 13.9. The van der Waals surface area contributed by atoms with Gasteiger partial charge in [-0.2, -0.15) is 13.1 Å². The predicted molar refractivity (Wildman–Crippen MR) is 69.4 cm³/mol. The number of hydrogen-bond donors (Lipinski definition) is 0. The molecule has 1 saturated heterocycles. The summed E-state index contributed by atoms with van der Waals surface area (Å²) in [6, 6.07) is 8.11. The fraction of sp³-hybridized carbons (Fsp3) is 0.462. The Bertz CT molecular complexity index is 533. The summed E-state index contributed by atoms with van der Waals surface area (Å²) in [5, 5.41) is 0. The van der Waals surface area contributed by atoms with E-state index in [2.05, 4.69) is 0 Å². The number of aldehydes is 1. The van der Waals surface area contributed by atoms with Crippen molar-refractivity contribution < 1.29 is 22.1 Å². The molecule has 0 aromatic heterocycles. The Morgan fingerprint density at radius 1 is 1.21 bits per heavy atom. The molecule has 104 valence electrons. The number of benzene rings is 1. The minimum absolute atomic E-state index is 0.00156. The Kier molecular flexibility index (Phi) is 4.03. The predicted octanol–water partition coefficient (Wildman–Crippen LogP) is 1.36. The topological polar surface area (TPSA) is 60.4 Å². The Morgan fingerprint density at radius 3 is 2.32 bits per heavy atom. The highest BCUT2D eigenvalue weighted by molar-refractivity contribution is 7.86. The largest absolute Gasteiger partial charge is 0.342 e. The first-order valence-electron chi connectivity index (χ1n) is 6.26. The summed E-state index contributed by atoms with van der Waals surface area (Å²) < 4.78 is 29.6. The number of nitrogens with zero attached hydrogens (tertiary/aromatic N) is 1. The lowest BCUT2D eigenvalue weighted by Gasteiger charge is -2.35. The number of carbonyl (C=O) groups is 1. The van der Waals surface area contributed by atoms with Crippen LogP contribution >= 0.6 is 0 Å². The van der Waals surface area contributed by atoms with Gasteiger partial charge in [0.1, 0.15) is 26.4 Å². The second-order valence-electron chi connectivity index (χ2n) is 5.06. The number of hydrogen-bond acceptors (Lipinski definition) is 4. The summed E-state index contributed by atoms with van der Waals surface area (Å²) in [4.78, 5) is 10.9. The van der Waals surface area contributed by atoms with Crippen LogP contribution < -0.4 is 0 Å². The zero-order valence-corrected chi connectivity index (χ0v) is 11.7. The highest BCUT2D eigenvalue weighted by Crippen LogP contribution is 2.25. The van der Waals surface area contributed by atoms with Crippen molar-refractivity contribution in [1.29, 1.82) is 0 Å². The minimum atomic E-state index is -3.76. The maximum atomic E-state index is 12.1. The van der Waals surface area contributed by atoms with Crippen LogP contribution in [0.25, 0.3) is 0 Å². The van der Waals surface area contributed by atoms with E-state index < -0.39 is 10.1 Å². The van der Waals surface area contributed by atoms with Gasteiger partial charge in [0.05, 0.1) is 4.90 Å². The van der Waals surface area contributed by atoms with Crippen molar-refractivity contribution in [3.63, 3.8) is 0 Å². The summed E-state index contributed by atoms with van der Waals surface area (Å²) >= 11 is 0. The van der Waals surface area contributed by atoms with Crippen LogP contribution in [0.15, 0.2) is 35.2 Å². The molecular formula is C13H18NO4S+. The lowest BCUT2D eigenvalue weighted by molar-refractivity contribution is -1.07. The highest BCUT2D eigenvalue weighted by atomic mass is 32.2. The molecule has 0 unspecified atom stereocenters. The Morgan fingerprint density at radius 2 is 1.79 bits per heavy atom. The third-order valence-corrected chi connectivity index (χ3v) is 4.85. The molecule has 0 atom stereocenters. The average molecular weight is 284 g/mol. The van der Waals surface area contributed by atoms with Crippen LogP contribution in [0, 0.1) is 5.92 Å². The van der Waals surface area contributed by atoms with E-state index >= 15 is 0 Å². The number of carbonyl (C=O) groups excluding carboxylic acids is 1. The van der Waals surface area contributed by atoms with E-state index in [0.717, 1.165) is 6.29 Å². The van der Waals surface area contributed by atoms with Crippen molar-refractivity contribution in [3.05, 3.63) is 30.3 Å². The first-order valence-corrected chi connectivity index (χ1v) is 7.67. The summed E-state index contributed by atoms with van der Waals surface area (Å²) in [6.45, 7) is 1.05. The van der Waals surface area contributed by atoms with Gasteiger partial charge in [0.2, 0.25) is 0 Å². The highest BCUT2D eigenvalue weighted by Gasteiger charge is 2.37. The molecule has 0 bridgehead atoms. The maximum Gasteiger partial charge on any atom is 0.342 e. The van der Waals surface area contributed by atoms with Crippen molar-refractivity contribution in [3.8, 4) is 0 Å². The molecule has 0 N–H and O–H groups in total. The van der Waals surface area contributed by atoms with Crippen molar-refractivity contribution in [2.45, 2.75) is 17.7 Å². The molecule has 1 fully saturated rings. The fourth-order valence-electron chi connectivity index (χ4n) is 2.21. The van der Waals surface area contributed by atoms with Crippen molar-refractivity contribution >= 4 is 16.4 Å². The summed E-state index contributed by atoms with van der Waals surface area (Å²) in [5.74, 6) is 0.0224. The second-order valence-corrected chi connectivity index (χ2v) is 6.59. The molecule has 1 aliphatic heterocycles. The molecule has 0 spiro atoms. The monoisotopic (exact) mass is 284 g/mol. The number of hydroxylamine groups is 3. The van der Waals surface area contributed by atoms with Gasteiger partial charge in [0.25, 0.3) is 0 Å². The Hall–Kier alpha value is -1.24.